The molecule has 2 aromatic rings. The van der Waals surface area contributed by atoms with E-state index in [2.05, 4.69) is 5.32 Å². The molecule has 0 fully saturated rings. The van der Waals surface area contributed by atoms with Crippen molar-refractivity contribution < 1.29 is 27.9 Å². The highest BCUT2D eigenvalue weighted by atomic mass is 32.2. The Balaban J connectivity index is 1.56. The third kappa shape index (κ3) is 7.39. The number of hydrogen-bond acceptors (Lipinski definition) is 6. The van der Waals surface area contributed by atoms with Gasteiger partial charge in [0.2, 0.25) is 0 Å². The van der Waals surface area contributed by atoms with Crippen molar-refractivity contribution in [3.05, 3.63) is 54.2 Å². The maximum atomic E-state index is 12.8. The van der Waals surface area contributed by atoms with Crippen LogP contribution < -0.4 is 10.6 Å². The van der Waals surface area contributed by atoms with E-state index in [1.165, 1.54) is 30.2 Å². The summed E-state index contributed by atoms with van der Waals surface area (Å²) in [7, 11) is 0. The molecule has 0 aliphatic heterocycles. The zero-order chi connectivity index (χ0) is 18.8. The summed E-state index contributed by atoms with van der Waals surface area (Å²) in [6, 6.07) is 8.53. The summed E-state index contributed by atoms with van der Waals surface area (Å²) in [5.74, 6) is -0.659. The average Bonchev–Trinajstić information content (AvgIpc) is 3.13. The molecule has 0 unspecified atom stereocenters. The topological polar surface area (TPSA) is 97.6 Å². The summed E-state index contributed by atoms with van der Waals surface area (Å²) in [6.45, 7) is -0.416. The van der Waals surface area contributed by atoms with Gasteiger partial charge in [-0.1, -0.05) is 0 Å². The van der Waals surface area contributed by atoms with Gasteiger partial charge in [0.1, 0.15) is 11.6 Å². The third-order valence-electron chi connectivity index (χ3n) is 3.01. The first-order valence-electron chi connectivity index (χ1n) is 7.67. The molecule has 0 saturated carbocycles. The highest BCUT2D eigenvalue weighted by Gasteiger charge is 2.11. The highest BCUT2D eigenvalue weighted by Crippen LogP contribution is 2.18. The van der Waals surface area contributed by atoms with E-state index >= 15 is 0 Å². The van der Waals surface area contributed by atoms with Crippen LogP contribution in [0.15, 0.2) is 52.0 Å². The molecule has 3 amide bonds. The Morgan fingerprint density at radius 3 is 2.62 bits per heavy atom. The minimum atomic E-state index is -0.735. The standard InChI is InChI=1S/C17H17FN2O5S/c18-12-3-5-14(6-4-12)26-9-7-16(22)25-11-15(21)20-17(23)19-10-13-2-1-8-24-13/h1-6,8H,7,9-11H2,(H2,19,20,21,23). The number of carbonyl (C=O) groups excluding carboxylic acids is 3. The first-order valence-corrected chi connectivity index (χ1v) is 8.65. The lowest BCUT2D eigenvalue weighted by atomic mass is 10.4. The zero-order valence-electron chi connectivity index (χ0n) is 13.7. The predicted molar refractivity (Wildman–Crippen MR) is 91.8 cm³/mol. The number of hydrogen-bond donors (Lipinski definition) is 2. The van der Waals surface area contributed by atoms with E-state index < -0.39 is 24.5 Å². The van der Waals surface area contributed by atoms with E-state index in [4.69, 9.17) is 9.15 Å². The summed E-state index contributed by atoms with van der Waals surface area (Å²) in [5, 5.41) is 4.46. The third-order valence-corrected chi connectivity index (χ3v) is 4.02. The van der Waals surface area contributed by atoms with Crippen molar-refractivity contribution in [1.82, 2.24) is 10.6 Å². The van der Waals surface area contributed by atoms with Crippen molar-refractivity contribution in [3.63, 3.8) is 0 Å². The SMILES string of the molecule is O=C(COC(=O)CCSc1ccc(F)cc1)NC(=O)NCc1ccco1. The Kier molecular flexibility index (Phi) is 7.69. The monoisotopic (exact) mass is 380 g/mol. The van der Waals surface area contributed by atoms with Crippen LogP contribution in [0.5, 0.6) is 0 Å². The number of furan rings is 1. The maximum Gasteiger partial charge on any atom is 0.321 e. The normalized spacial score (nSPS) is 10.2. The fourth-order valence-corrected chi connectivity index (χ4v) is 2.62. The van der Waals surface area contributed by atoms with Crippen molar-refractivity contribution in [2.45, 2.75) is 17.9 Å². The Hall–Kier alpha value is -2.81. The molecule has 0 saturated heterocycles. The predicted octanol–water partition coefficient (Wildman–Crippen LogP) is 2.47. The Morgan fingerprint density at radius 1 is 1.15 bits per heavy atom. The average molecular weight is 380 g/mol. The van der Waals surface area contributed by atoms with E-state index in [0.717, 1.165) is 4.90 Å². The Labute approximate surface area is 153 Å². The van der Waals surface area contributed by atoms with E-state index in [1.807, 2.05) is 5.32 Å². The van der Waals surface area contributed by atoms with E-state index in [-0.39, 0.29) is 18.8 Å². The number of thioether (sulfide) groups is 1. The molecule has 138 valence electrons. The molecule has 1 aromatic heterocycles. The first kappa shape index (κ1) is 19.5. The van der Waals surface area contributed by atoms with Gasteiger partial charge in [0.25, 0.3) is 5.91 Å². The molecular weight excluding hydrogens is 363 g/mol. The second-order valence-electron chi connectivity index (χ2n) is 5.02. The number of imide groups is 1. The molecule has 0 spiro atoms. The molecule has 7 nitrogen and oxygen atoms in total. The maximum absolute atomic E-state index is 12.8. The number of nitrogens with one attached hydrogen (secondary N) is 2. The van der Waals surface area contributed by atoms with E-state index in [0.29, 0.717) is 11.5 Å². The van der Waals surface area contributed by atoms with Crippen LogP contribution in [0.3, 0.4) is 0 Å². The molecule has 9 heteroatoms. The fraction of sp³-hybridized carbons (Fsp3) is 0.235. The lowest BCUT2D eigenvalue weighted by Crippen LogP contribution is -2.41. The number of amides is 3. The van der Waals surface area contributed by atoms with Gasteiger partial charge < -0.3 is 14.5 Å². The second-order valence-corrected chi connectivity index (χ2v) is 6.19. The van der Waals surface area contributed by atoms with Crippen LogP contribution in [0.25, 0.3) is 0 Å². The lowest BCUT2D eigenvalue weighted by molar-refractivity contribution is -0.147. The molecule has 2 rings (SSSR count). The van der Waals surface area contributed by atoms with E-state index in [1.54, 1.807) is 24.3 Å². The number of carbonyl (C=O) groups is 3. The molecule has 2 N–H and O–H groups in total. The van der Waals surface area contributed by atoms with Gasteiger partial charge in [-0.15, -0.1) is 11.8 Å². The van der Waals surface area contributed by atoms with Crippen LogP contribution in [-0.2, 0) is 20.9 Å². The second kappa shape index (κ2) is 10.2. The van der Waals surface area contributed by atoms with Crippen molar-refractivity contribution in [1.29, 1.82) is 0 Å². The van der Waals surface area contributed by atoms with Crippen LogP contribution >= 0.6 is 11.8 Å². The summed E-state index contributed by atoms with van der Waals surface area (Å²) >= 11 is 1.37. The minimum absolute atomic E-state index is 0.0833. The smallest absolute Gasteiger partial charge is 0.321 e. The molecule has 1 aromatic carbocycles. The number of esters is 1. The van der Waals surface area contributed by atoms with Crippen molar-refractivity contribution in [2.75, 3.05) is 12.4 Å². The molecule has 0 atom stereocenters. The quantitative estimate of drug-likeness (QED) is 0.539. The highest BCUT2D eigenvalue weighted by molar-refractivity contribution is 7.99. The van der Waals surface area contributed by atoms with Gasteiger partial charge in [0.15, 0.2) is 6.61 Å². The number of benzene rings is 1. The van der Waals surface area contributed by atoms with Crippen LogP contribution in [0.4, 0.5) is 9.18 Å². The number of ether oxygens (including phenoxy) is 1. The van der Waals surface area contributed by atoms with Crippen LogP contribution in [0.2, 0.25) is 0 Å². The van der Waals surface area contributed by atoms with Gasteiger partial charge in [0, 0.05) is 10.6 Å². The Morgan fingerprint density at radius 2 is 1.92 bits per heavy atom. The fourth-order valence-electron chi connectivity index (χ4n) is 1.79. The van der Waals surface area contributed by atoms with E-state index in [9.17, 15) is 18.8 Å². The van der Waals surface area contributed by atoms with Crippen molar-refractivity contribution >= 4 is 29.7 Å². The van der Waals surface area contributed by atoms with Gasteiger partial charge in [0.05, 0.1) is 19.2 Å². The van der Waals surface area contributed by atoms with Crippen LogP contribution in [0.1, 0.15) is 12.2 Å². The summed E-state index contributed by atoms with van der Waals surface area (Å²) < 4.78 is 22.6. The summed E-state index contributed by atoms with van der Waals surface area (Å²) in [5.41, 5.74) is 0. The number of rotatable bonds is 8. The van der Waals surface area contributed by atoms with Crippen LogP contribution in [-0.4, -0.2) is 30.3 Å². The lowest BCUT2D eigenvalue weighted by Gasteiger charge is -2.07. The molecule has 0 aliphatic carbocycles. The molecule has 1 heterocycles. The zero-order valence-corrected chi connectivity index (χ0v) is 14.5. The van der Waals surface area contributed by atoms with Gasteiger partial charge in [-0.2, -0.15) is 0 Å². The molecule has 26 heavy (non-hydrogen) atoms. The Bertz CT molecular complexity index is 734. The van der Waals surface area contributed by atoms with Crippen molar-refractivity contribution in [2.24, 2.45) is 0 Å². The summed E-state index contributed by atoms with van der Waals surface area (Å²) in [6.07, 6.45) is 1.55. The largest absolute Gasteiger partial charge is 0.467 e. The number of urea groups is 1. The first-order chi connectivity index (χ1) is 12.5. The molecule has 0 aliphatic rings. The van der Waals surface area contributed by atoms with Gasteiger partial charge in [-0.25, -0.2) is 9.18 Å². The summed E-state index contributed by atoms with van der Waals surface area (Å²) in [4.78, 5) is 35.4. The van der Waals surface area contributed by atoms with Gasteiger partial charge in [-0.3, -0.25) is 14.9 Å². The van der Waals surface area contributed by atoms with Crippen molar-refractivity contribution in [3.8, 4) is 0 Å². The minimum Gasteiger partial charge on any atom is -0.467 e. The number of halogens is 1. The molecule has 0 bridgehead atoms. The van der Waals surface area contributed by atoms with Crippen LogP contribution in [0, 0.1) is 5.82 Å². The molecule has 0 radical (unpaired) electrons. The van der Waals surface area contributed by atoms with Gasteiger partial charge in [-0.05, 0) is 36.4 Å². The molecular formula is C17H17FN2O5S. The van der Waals surface area contributed by atoms with Gasteiger partial charge >= 0.3 is 12.0 Å².